The predicted molar refractivity (Wildman–Crippen MR) is 82.3 cm³/mol. The summed E-state index contributed by atoms with van der Waals surface area (Å²) in [7, 11) is 0. The average Bonchev–Trinajstić information content (AvgIpc) is 2.77. The molecule has 2 rings (SSSR count). The van der Waals surface area contributed by atoms with Gasteiger partial charge < -0.3 is 5.32 Å². The summed E-state index contributed by atoms with van der Waals surface area (Å²) in [6.45, 7) is 4.43. The molecule has 0 spiro atoms. The van der Waals surface area contributed by atoms with Crippen molar-refractivity contribution in [2.75, 3.05) is 5.75 Å². The summed E-state index contributed by atoms with van der Waals surface area (Å²) in [6.07, 6.45) is 4.81. The lowest BCUT2D eigenvalue weighted by molar-refractivity contribution is 0.448. The molecule has 1 saturated carbocycles. The zero-order valence-corrected chi connectivity index (χ0v) is 12.7. The molecule has 0 aliphatic heterocycles. The molecule has 0 aromatic heterocycles. The van der Waals surface area contributed by atoms with E-state index >= 15 is 0 Å². The van der Waals surface area contributed by atoms with Gasteiger partial charge in [-0.15, -0.1) is 0 Å². The van der Waals surface area contributed by atoms with Crippen molar-refractivity contribution in [1.29, 1.82) is 0 Å². The van der Waals surface area contributed by atoms with Crippen molar-refractivity contribution in [1.82, 2.24) is 5.32 Å². The number of nitrogens with one attached hydrogen (secondary N) is 1. The van der Waals surface area contributed by atoms with Crippen LogP contribution in [0.4, 0.5) is 4.39 Å². The van der Waals surface area contributed by atoms with Crippen LogP contribution in [0, 0.1) is 5.82 Å². The van der Waals surface area contributed by atoms with Crippen LogP contribution in [-0.4, -0.2) is 23.1 Å². The molecule has 3 heteroatoms. The molecule has 0 radical (unpaired) electrons. The molecular weight excluding hydrogens is 257 g/mol. The summed E-state index contributed by atoms with van der Waals surface area (Å²) in [5.74, 6) is 1.08. The van der Waals surface area contributed by atoms with Crippen LogP contribution in [0.5, 0.6) is 0 Å². The van der Waals surface area contributed by atoms with E-state index in [4.69, 9.17) is 0 Å². The quantitative estimate of drug-likeness (QED) is 0.845. The maximum atomic E-state index is 13.1. The maximum Gasteiger partial charge on any atom is 0.123 e. The Morgan fingerprint density at radius 2 is 2.26 bits per heavy atom. The molecule has 1 aromatic rings. The monoisotopic (exact) mass is 281 g/mol. The molecule has 106 valence electrons. The summed E-state index contributed by atoms with van der Waals surface area (Å²) in [5, 5.41) is 4.54. The maximum absolute atomic E-state index is 13.1. The smallest absolute Gasteiger partial charge is 0.123 e. The highest BCUT2D eigenvalue weighted by Gasteiger charge is 2.25. The lowest BCUT2D eigenvalue weighted by Crippen LogP contribution is -2.36. The second kappa shape index (κ2) is 7.30. The third-order valence-electron chi connectivity index (χ3n) is 3.74. The summed E-state index contributed by atoms with van der Waals surface area (Å²) >= 11 is 2.09. The molecule has 1 aromatic carbocycles. The van der Waals surface area contributed by atoms with E-state index in [0.717, 1.165) is 17.2 Å². The highest BCUT2D eigenvalue weighted by Crippen LogP contribution is 2.30. The van der Waals surface area contributed by atoms with Crippen LogP contribution >= 0.6 is 11.8 Å². The Balaban J connectivity index is 1.77. The molecule has 3 atom stereocenters. The van der Waals surface area contributed by atoms with Crippen LogP contribution in [0.2, 0.25) is 0 Å². The minimum atomic E-state index is -0.134. The van der Waals surface area contributed by atoms with Gasteiger partial charge in [-0.25, -0.2) is 4.39 Å². The van der Waals surface area contributed by atoms with E-state index in [9.17, 15) is 4.39 Å². The third-order valence-corrected chi connectivity index (χ3v) is 4.97. The van der Waals surface area contributed by atoms with Gasteiger partial charge in [-0.1, -0.05) is 19.1 Å². The van der Waals surface area contributed by atoms with Crippen molar-refractivity contribution >= 4 is 11.8 Å². The third kappa shape index (κ3) is 4.81. The molecule has 1 N–H and O–H groups in total. The minimum Gasteiger partial charge on any atom is -0.311 e. The largest absolute Gasteiger partial charge is 0.311 e. The van der Waals surface area contributed by atoms with Crippen LogP contribution in [0.15, 0.2) is 24.3 Å². The van der Waals surface area contributed by atoms with E-state index in [2.05, 4.69) is 30.9 Å². The Labute approximate surface area is 120 Å². The van der Waals surface area contributed by atoms with E-state index in [0.29, 0.717) is 12.1 Å². The lowest BCUT2D eigenvalue weighted by atomic mass is 10.1. The highest BCUT2D eigenvalue weighted by atomic mass is 32.2. The summed E-state index contributed by atoms with van der Waals surface area (Å²) in [5.41, 5.74) is 1.08. The Kier molecular flexibility index (Phi) is 5.71. The van der Waals surface area contributed by atoms with Crippen LogP contribution < -0.4 is 5.32 Å². The number of hydrogen-bond acceptors (Lipinski definition) is 2. The molecule has 0 amide bonds. The first kappa shape index (κ1) is 14.9. The van der Waals surface area contributed by atoms with Gasteiger partial charge in [0.25, 0.3) is 0 Å². The zero-order chi connectivity index (χ0) is 13.7. The van der Waals surface area contributed by atoms with Gasteiger partial charge in [-0.2, -0.15) is 11.8 Å². The SMILES string of the molecule is CCSC1CCC(NC(C)Cc2cccc(F)c2)C1. The fourth-order valence-corrected chi connectivity index (χ4v) is 4.10. The van der Waals surface area contributed by atoms with E-state index in [1.807, 2.05) is 6.07 Å². The second-order valence-electron chi connectivity index (χ2n) is 5.49. The van der Waals surface area contributed by atoms with Crippen LogP contribution in [-0.2, 0) is 6.42 Å². The molecule has 19 heavy (non-hydrogen) atoms. The van der Waals surface area contributed by atoms with Crippen molar-refractivity contribution in [2.45, 2.75) is 56.9 Å². The van der Waals surface area contributed by atoms with Gasteiger partial charge in [0.05, 0.1) is 0 Å². The highest BCUT2D eigenvalue weighted by molar-refractivity contribution is 7.99. The van der Waals surface area contributed by atoms with Crippen LogP contribution in [0.1, 0.15) is 38.7 Å². The standard InChI is InChI=1S/C16H24FNS/c1-3-19-16-8-7-15(11-16)18-12(2)9-13-5-4-6-14(17)10-13/h4-6,10,12,15-16,18H,3,7-9,11H2,1-2H3. The summed E-state index contributed by atoms with van der Waals surface area (Å²) < 4.78 is 13.1. The van der Waals surface area contributed by atoms with Gasteiger partial charge >= 0.3 is 0 Å². The Hall–Kier alpha value is -0.540. The van der Waals surface area contributed by atoms with E-state index in [1.165, 1.54) is 31.1 Å². The molecule has 0 heterocycles. The molecule has 1 aliphatic carbocycles. The lowest BCUT2D eigenvalue weighted by Gasteiger charge is -2.19. The average molecular weight is 281 g/mol. The van der Waals surface area contributed by atoms with Gasteiger partial charge in [0.2, 0.25) is 0 Å². The van der Waals surface area contributed by atoms with Crippen molar-refractivity contribution in [2.24, 2.45) is 0 Å². The van der Waals surface area contributed by atoms with Gasteiger partial charge in [-0.05, 0) is 56.1 Å². The number of hydrogen-bond donors (Lipinski definition) is 1. The van der Waals surface area contributed by atoms with Gasteiger partial charge in [0.1, 0.15) is 5.82 Å². The van der Waals surface area contributed by atoms with Gasteiger partial charge in [0.15, 0.2) is 0 Å². The van der Waals surface area contributed by atoms with Crippen molar-refractivity contribution < 1.29 is 4.39 Å². The molecule has 0 saturated heterocycles. The Bertz CT molecular complexity index is 396. The van der Waals surface area contributed by atoms with Gasteiger partial charge in [-0.3, -0.25) is 0 Å². The first-order valence-electron chi connectivity index (χ1n) is 7.29. The van der Waals surface area contributed by atoms with Crippen molar-refractivity contribution in [3.63, 3.8) is 0 Å². The molecule has 0 bridgehead atoms. The predicted octanol–water partition coefficient (Wildman–Crippen LogP) is 4.02. The summed E-state index contributed by atoms with van der Waals surface area (Å²) in [4.78, 5) is 0. The second-order valence-corrected chi connectivity index (χ2v) is 7.07. The first-order chi connectivity index (χ1) is 9.17. The van der Waals surface area contributed by atoms with Crippen LogP contribution in [0.25, 0.3) is 0 Å². The normalized spacial score (nSPS) is 24.6. The van der Waals surface area contributed by atoms with Crippen LogP contribution in [0.3, 0.4) is 0 Å². The van der Waals surface area contributed by atoms with Crippen molar-refractivity contribution in [3.8, 4) is 0 Å². The van der Waals surface area contributed by atoms with E-state index < -0.39 is 0 Å². The Morgan fingerprint density at radius 3 is 3.00 bits per heavy atom. The molecule has 1 aliphatic rings. The molecule has 1 fully saturated rings. The molecule has 3 unspecified atom stereocenters. The zero-order valence-electron chi connectivity index (χ0n) is 11.9. The summed E-state index contributed by atoms with van der Waals surface area (Å²) in [6, 6.07) is 8.00. The number of benzene rings is 1. The van der Waals surface area contributed by atoms with Gasteiger partial charge in [0, 0.05) is 17.3 Å². The first-order valence-corrected chi connectivity index (χ1v) is 8.34. The molecular formula is C16H24FNS. The number of rotatable bonds is 6. The Morgan fingerprint density at radius 1 is 1.42 bits per heavy atom. The van der Waals surface area contributed by atoms with E-state index in [-0.39, 0.29) is 5.82 Å². The fraction of sp³-hybridized carbons (Fsp3) is 0.625. The topological polar surface area (TPSA) is 12.0 Å². The number of halogens is 1. The fourth-order valence-electron chi connectivity index (χ4n) is 2.96. The van der Waals surface area contributed by atoms with Crippen molar-refractivity contribution in [3.05, 3.63) is 35.6 Å². The molecule has 1 nitrogen and oxygen atoms in total. The number of thioether (sulfide) groups is 1. The van der Waals surface area contributed by atoms with E-state index in [1.54, 1.807) is 12.1 Å². The minimum absolute atomic E-state index is 0.134.